The lowest BCUT2D eigenvalue weighted by atomic mass is 9.74. The van der Waals surface area contributed by atoms with Crippen molar-refractivity contribution >= 4 is 5.91 Å². The molecule has 2 unspecified atom stereocenters. The van der Waals surface area contributed by atoms with Crippen LogP contribution in [0.1, 0.15) is 65.2 Å². The minimum atomic E-state index is -0.733. The van der Waals surface area contributed by atoms with Crippen LogP contribution in [0.4, 0.5) is 0 Å². The molecule has 0 radical (unpaired) electrons. The molecule has 2 rings (SSSR count). The molecule has 0 aliphatic heterocycles. The fraction of sp³-hybridized carbons (Fsp3) is 0.938. The van der Waals surface area contributed by atoms with Crippen LogP contribution in [-0.4, -0.2) is 28.7 Å². The number of aliphatic hydroxyl groups is 1. The Labute approximate surface area is 122 Å². The Morgan fingerprint density at radius 3 is 2.40 bits per heavy atom. The molecule has 2 aliphatic carbocycles. The molecule has 116 valence electrons. The van der Waals surface area contributed by atoms with Gasteiger partial charge in [0.05, 0.1) is 17.7 Å². The molecule has 4 nitrogen and oxygen atoms in total. The Kier molecular flexibility index (Phi) is 4.75. The van der Waals surface area contributed by atoms with Crippen molar-refractivity contribution in [2.45, 2.75) is 76.3 Å². The third-order valence-corrected chi connectivity index (χ3v) is 5.40. The molecule has 0 aromatic heterocycles. The van der Waals surface area contributed by atoms with Crippen molar-refractivity contribution < 1.29 is 9.90 Å². The summed E-state index contributed by atoms with van der Waals surface area (Å²) in [4.78, 5) is 12.6. The van der Waals surface area contributed by atoms with Crippen LogP contribution >= 0.6 is 0 Å². The van der Waals surface area contributed by atoms with Gasteiger partial charge in [0, 0.05) is 0 Å². The smallest absolute Gasteiger partial charge is 0.240 e. The molecule has 0 aromatic carbocycles. The zero-order valence-electron chi connectivity index (χ0n) is 13.0. The van der Waals surface area contributed by atoms with E-state index in [1.165, 1.54) is 0 Å². The topological polar surface area (TPSA) is 75.3 Å². The summed E-state index contributed by atoms with van der Waals surface area (Å²) in [6.45, 7) is 4.42. The van der Waals surface area contributed by atoms with E-state index >= 15 is 0 Å². The number of hydrogen-bond acceptors (Lipinski definition) is 3. The molecule has 2 saturated carbocycles. The molecule has 0 spiro atoms. The van der Waals surface area contributed by atoms with Gasteiger partial charge in [-0.1, -0.05) is 26.7 Å². The molecular weight excluding hydrogens is 252 g/mol. The van der Waals surface area contributed by atoms with Gasteiger partial charge in [0.1, 0.15) is 0 Å². The van der Waals surface area contributed by atoms with Crippen LogP contribution in [0.25, 0.3) is 0 Å². The van der Waals surface area contributed by atoms with Gasteiger partial charge in [0.25, 0.3) is 0 Å². The Balaban J connectivity index is 2.01. The minimum absolute atomic E-state index is 0.0249. The van der Waals surface area contributed by atoms with E-state index in [4.69, 9.17) is 5.73 Å². The highest BCUT2D eigenvalue weighted by molar-refractivity contribution is 5.86. The fourth-order valence-electron chi connectivity index (χ4n) is 3.80. The molecule has 2 atom stereocenters. The second kappa shape index (κ2) is 6.02. The summed E-state index contributed by atoms with van der Waals surface area (Å²) in [6, 6.07) is 0. The van der Waals surface area contributed by atoms with Crippen molar-refractivity contribution in [3.8, 4) is 0 Å². The van der Waals surface area contributed by atoms with Crippen LogP contribution < -0.4 is 11.1 Å². The Bertz CT molecular complexity index is 350. The number of carbonyl (C=O) groups is 1. The number of nitrogens with one attached hydrogen (secondary N) is 1. The summed E-state index contributed by atoms with van der Waals surface area (Å²) in [5, 5.41) is 12.9. The first-order valence-electron chi connectivity index (χ1n) is 8.11. The van der Waals surface area contributed by atoms with Gasteiger partial charge in [-0.3, -0.25) is 4.79 Å². The minimum Gasteiger partial charge on any atom is -0.394 e. The van der Waals surface area contributed by atoms with E-state index < -0.39 is 11.1 Å². The van der Waals surface area contributed by atoms with Crippen LogP contribution in [0.3, 0.4) is 0 Å². The Morgan fingerprint density at radius 1 is 1.20 bits per heavy atom. The zero-order chi connectivity index (χ0) is 14.8. The lowest BCUT2D eigenvalue weighted by molar-refractivity contribution is -0.131. The maximum Gasteiger partial charge on any atom is 0.240 e. The van der Waals surface area contributed by atoms with E-state index in [2.05, 4.69) is 19.2 Å². The average molecular weight is 282 g/mol. The number of nitrogens with two attached hydrogens (primary N) is 1. The summed E-state index contributed by atoms with van der Waals surface area (Å²) in [5.41, 5.74) is 5.19. The summed E-state index contributed by atoms with van der Waals surface area (Å²) in [5.74, 6) is 1.15. The number of carbonyl (C=O) groups excluding carboxylic acids is 1. The summed E-state index contributed by atoms with van der Waals surface area (Å²) >= 11 is 0. The molecular formula is C16H30N2O2. The van der Waals surface area contributed by atoms with Gasteiger partial charge in [0.15, 0.2) is 0 Å². The Hall–Kier alpha value is -0.610. The SMILES string of the molecule is CC1CCC(CO)(NC(=O)C2(N)CCCC(C)C2)CC1. The number of aliphatic hydroxyl groups excluding tert-OH is 1. The number of rotatable bonds is 3. The molecule has 2 aliphatic rings. The molecule has 0 heterocycles. The highest BCUT2D eigenvalue weighted by Gasteiger charge is 2.43. The number of hydrogen-bond donors (Lipinski definition) is 3. The first kappa shape index (κ1) is 15.8. The van der Waals surface area contributed by atoms with Crippen molar-refractivity contribution in [3.05, 3.63) is 0 Å². The quantitative estimate of drug-likeness (QED) is 0.740. The van der Waals surface area contributed by atoms with Gasteiger partial charge in [-0.25, -0.2) is 0 Å². The van der Waals surface area contributed by atoms with E-state index in [-0.39, 0.29) is 12.5 Å². The van der Waals surface area contributed by atoms with Crippen LogP contribution in [0.5, 0.6) is 0 Å². The van der Waals surface area contributed by atoms with E-state index in [1.54, 1.807) is 0 Å². The third kappa shape index (κ3) is 3.34. The predicted octanol–water partition coefficient (Wildman–Crippen LogP) is 1.95. The Morgan fingerprint density at radius 2 is 1.85 bits per heavy atom. The van der Waals surface area contributed by atoms with Crippen LogP contribution in [0.15, 0.2) is 0 Å². The second-order valence-electron chi connectivity index (χ2n) is 7.43. The van der Waals surface area contributed by atoms with Crippen LogP contribution in [0, 0.1) is 11.8 Å². The average Bonchev–Trinajstić information content (AvgIpc) is 2.41. The molecule has 1 amide bonds. The van der Waals surface area contributed by atoms with Crippen molar-refractivity contribution in [3.63, 3.8) is 0 Å². The molecule has 20 heavy (non-hydrogen) atoms. The van der Waals surface area contributed by atoms with Gasteiger partial charge >= 0.3 is 0 Å². The van der Waals surface area contributed by atoms with Crippen molar-refractivity contribution in [2.75, 3.05) is 6.61 Å². The summed E-state index contributed by atoms with van der Waals surface area (Å²) in [6.07, 6.45) is 7.56. The lowest BCUT2D eigenvalue weighted by Gasteiger charge is -2.43. The second-order valence-corrected chi connectivity index (χ2v) is 7.43. The molecule has 0 aromatic rings. The molecule has 4 N–H and O–H groups in total. The fourth-order valence-corrected chi connectivity index (χ4v) is 3.80. The van der Waals surface area contributed by atoms with Crippen LogP contribution in [-0.2, 0) is 4.79 Å². The van der Waals surface area contributed by atoms with E-state index in [1.807, 2.05) is 0 Å². The van der Waals surface area contributed by atoms with Crippen molar-refractivity contribution in [1.82, 2.24) is 5.32 Å². The standard InChI is InChI=1S/C16H30N2O2/c1-12-5-8-15(11-19,9-6-12)18-14(20)16(17)7-3-4-13(2)10-16/h12-13,19H,3-11,17H2,1-2H3,(H,18,20). The lowest BCUT2D eigenvalue weighted by Crippen LogP contribution is -2.63. The van der Waals surface area contributed by atoms with Gasteiger partial charge in [-0.05, 0) is 50.4 Å². The first-order chi connectivity index (χ1) is 9.39. The van der Waals surface area contributed by atoms with Crippen molar-refractivity contribution in [1.29, 1.82) is 0 Å². The highest BCUT2D eigenvalue weighted by atomic mass is 16.3. The molecule has 0 saturated heterocycles. The summed E-state index contributed by atoms with van der Waals surface area (Å²) < 4.78 is 0. The van der Waals surface area contributed by atoms with E-state index in [0.29, 0.717) is 11.8 Å². The zero-order valence-corrected chi connectivity index (χ0v) is 13.0. The van der Waals surface area contributed by atoms with Gasteiger partial charge < -0.3 is 16.2 Å². The maximum atomic E-state index is 12.6. The maximum absolute atomic E-state index is 12.6. The normalized spacial score (nSPS) is 42.2. The molecule has 2 fully saturated rings. The highest BCUT2D eigenvalue weighted by Crippen LogP contribution is 2.34. The van der Waals surface area contributed by atoms with Gasteiger partial charge in [-0.15, -0.1) is 0 Å². The van der Waals surface area contributed by atoms with Crippen molar-refractivity contribution in [2.24, 2.45) is 17.6 Å². The number of amides is 1. The predicted molar refractivity (Wildman–Crippen MR) is 80.1 cm³/mol. The molecule has 4 heteroatoms. The summed E-state index contributed by atoms with van der Waals surface area (Å²) in [7, 11) is 0. The van der Waals surface area contributed by atoms with Gasteiger partial charge in [0.2, 0.25) is 5.91 Å². The molecule has 0 bridgehead atoms. The monoisotopic (exact) mass is 282 g/mol. The third-order valence-electron chi connectivity index (χ3n) is 5.40. The van der Waals surface area contributed by atoms with Crippen LogP contribution in [0.2, 0.25) is 0 Å². The van der Waals surface area contributed by atoms with E-state index in [9.17, 15) is 9.90 Å². The van der Waals surface area contributed by atoms with E-state index in [0.717, 1.165) is 51.4 Å². The first-order valence-corrected chi connectivity index (χ1v) is 8.11. The largest absolute Gasteiger partial charge is 0.394 e. The van der Waals surface area contributed by atoms with Gasteiger partial charge in [-0.2, -0.15) is 0 Å².